The molecule has 3 aromatic carbocycles. The van der Waals surface area contributed by atoms with E-state index in [-0.39, 0.29) is 11.8 Å². The Morgan fingerprint density at radius 3 is 1.47 bits per heavy atom. The Morgan fingerprint density at radius 1 is 0.684 bits per heavy atom. The van der Waals surface area contributed by atoms with Crippen LogP contribution in [0.4, 0.5) is 0 Å². The fourth-order valence-electron chi connectivity index (χ4n) is 2.92. The number of carbonyl (C=O) groups is 3. The highest BCUT2D eigenvalue weighted by Crippen LogP contribution is 2.22. The molecule has 3 aromatic rings. The molecule has 0 bridgehead atoms. The molecule has 0 amide bonds. The molecule has 0 saturated heterocycles. The van der Waals surface area contributed by atoms with Crippen LogP contribution < -0.4 is 9.47 Å². The highest BCUT2D eigenvalue weighted by atomic mass is 35.5. The number of aliphatic carboxylic acids is 1. The van der Waals surface area contributed by atoms with Gasteiger partial charge in [-0.25, -0.2) is 9.59 Å². The van der Waals surface area contributed by atoms with Gasteiger partial charge in [0, 0.05) is 21.2 Å². The van der Waals surface area contributed by atoms with Crippen LogP contribution in [0.2, 0.25) is 10.0 Å². The summed E-state index contributed by atoms with van der Waals surface area (Å²) in [4.78, 5) is 34.9. The van der Waals surface area contributed by atoms with E-state index in [1.54, 1.807) is 93.6 Å². The monoisotopic (exact) mass is 560 g/mol. The topological polar surface area (TPSA) is 99.1 Å². The van der Waals surface area contributed by atoms with Crippen molar-refractivity contribution in [3.63, 3.8) is 0 Å². The van der Waals surface area contributed by atoms with E-state index in [4.69, 9.17) is 42.5 Å². The Balaban J connectivity index is 0.000000281. The minimum absolute atomic E-state index is 0.138. The first kappa shape index (κ1) is 30.7. The molecular weight excluding hydrogens is 531 g/mol. The van der Waals surface area contributed by atoms with Gasteiger partial charge < -0.3 is 19.3 Å². The Hall–Kier alpha value is -3.55. The maximum Gasteiger partial charge on any atom is 0.349 e. The molecule has 7 nitrogen and oxygen atoms in total. The number of esters is 1. The van der Waals surface area contributed by atoms with Gasteiger partial charge in [-0.2, -0.15) is 0 Å². The molecule has 0 saturated carbocycles. The number of carbonyl (C=O) groups excluding carboxylic acids is 2. The van der Waals surface area contributed by atoms with Crippen LogP contribution >= 0.6 is 23.2 Å². The predicted octanol–water partition coefficient (Wildman–Crippen LogP) is 6.87. The van der Waals surface area contributed by atoms with Crippen molar-refractivity contribution in [3.8, 4) is 11.5 Å². The lowest BCUT2D eigenvalue weighted by Crippen LogP contribution is -2.39. The van der Waals surface area contributed by atoms with Crippen molar-refractivity contribution in [2.45, 2.75) is 45.8 Å². The summed E-state index contributed by atoms with van der Waals surface area (Å²) in [6, 6.07) is 19.8. The Morgan fingerprint density at radius 2 is 1.05 bits per heavy atom. The maximum absolute atomic E-state index is 12.3. The van der Waals surface area contributed by atoms with Gasteiger partial charge in [0.05, 0.1) is 6.61 Å². The van der Waals surface area contributed by atoms with Crippen LogP contribution in [0.5, 0.6) is 11.5 Å². The molecule has 202 valence electrons. The maximum atomic E-state index is 12.3. The number of benzene rings is 3. The third-order valence-electron chi connectivity index (χ3n) is 5.06. The summed E-state index contributed by atoms with van der Waals surface area (Å²) < 4.78 is 15.8. The van der Waals surface area contributed by atoms with Crippen LogP contribution in [-0.2, 0) is 14.3 Å². The average Bonchev–Trinajstić information content (AvgIpc) is 2.86. The number of rotatable bonds is 9. The van der Waals surface area contributed by atoms with Crippen LogP contribution in [-0.4, -0.2) is 40.6 Å². The lowest BCUT2D eigenvalue weighted by molar-refractivity contribution is -0.158. The summed E-state index contributed by atoms with van der Waals surface area (Å²) >= 11 is 11.5. The standard InChI is InChI=1S/C17H15ClO4.C12H15ClO3/c1-17(2,16(20)21)22-14-9-5-12(6-10-14)15(19)11-3-7-13(18)8-4-11;1-4-15-11(14)12(2,3)16-10-7-5-9(13)6-8-10/h3-10H,1-2H3,(H,20,21);5-8H,4H2,1-3H3. The number of ether oxygens (including phenoxy) is 3. The molecule has 1 N–H and O–H groups in total. The number of hydrogen-bond acceptors (Lipinski definition) is 6. The zero-order valence-electron chi connectivity index (χ0n) is 21.8. The SMILES string of the molecule is CC(C)(Oc1ccc(C(=O)c2ccc(Cl)cc2)cc1)C(=O)O.CCOC(=O)C(C)(C)Oc1ccc(Cl)cc1. The summed E-state index contributed by atoms with van der Waals surface area (Å²) in [5, 5.41) is 10.2. The van der Waals surface area contributed by atoms with E-state index in [1.165, 1.54) is 13.8 Å². The van der Waals surface area contributed by atoms with Crippen LogP contribution in [0, 0.1) is 0 Å². The van der Waals surface area contributed by atoms with Gasteiger partial charge >= 0.3 is 11.9 Å². The second-order valence-corrected chi connectivity index (χ2v) is 9.94. The van der Waals surface area contributed by atoms with Gasteiger partial charge in [-0.05, 0) is 107 Å². The van der Waals surface area contributed by atoms with Crippen LogP contribution in [0.3, 0.4) is 0 Å². The van der Waals surface area contributed by atoms with Crippen molar-refractivity contribution in [1.82, 2.24) is 0 Å². The molecule has 0 fully saturated rings. The summed E-state index contributed by atoms with van der Waals surface area (Å²) in [5.41, 5.74) is -1.31. The third-order valence-corrected chi connectivity index (χ3v) is 5.57. The fraction of sp³-hybridized carbons (Fsp3) is 0.276. The van der Waals surface area contributed by atoms with Gasteiger partial charge in [0.2, 0.25) is 0 Å². The fourth-order valence-corrected chi connectivity index (χ4v) is 3.18. The number of carboxylic acid groups (broad SMARTS) is 1. The molecule has 0 heterocycles. The number of carboxylic acids is 1. The summed E-state index contributed by atoms with van der Waals surface area (Å²) in [6.07, 6.45) is 0. The second kappa shape index (κ2) is 13.3. The van der Waals surface area contributed by atoms with Crippen molar-refractivity contribution in [2.75, 3.05) is 6.61 Å². The van der Waals surface area contributed by atoms with Crippen LogP contribution in [0.1, 0.15) is 50.5 Å². The van der Waals surface area contributed by atoms with E-state index < -0.39 is 17.2 Å². The highest BCUT2D eigenvalue weighted by molar-refractivity contribution is 6.31. The zero-order valence-corrected chi connectivity index (χ0v) is 23.3. The molecule has 3 rings (SSSR count). The second-order valence-electron chi connectivity index (χ2n) is 9.06. The van der Waals surface area contributed by atoms with Gasteiger partial charge in [0.1, 0.15) is 11.5 Å². The minimum atomic E-state index is -1.33. The molecule has 0 radical (unpaired) electrons. The molecule has 9 heteroatoms. The number of hydrogen-bond donors (Lipinski definition) is 1. The van der Waals surface area contributed by atoms with Crippen LogP contribution in [0.25, 0.3) is 0 Å². The first-order chi connectivity index (χ1) is 17.7. The third kappa shape index (κ3) is 9.08. The smallest absolute Gasteiger partial charge is 0.349 e. The summed E-state index contributed by atoms with van der Waals surface area (Å²) in [6.45, 7) is 8.35. The van der Waals surface area contributed by atoms with Crippen molar-refractivity contribution < 1.29 is 33.7 Å². The van der Waals surface area contributed by atoms with E-state index in [0.29, 0.717) is 39.3 Å². The van der Waals surface area contributed by atoms with Gasteiger partial charge in [0.25, 0.3) is 0 Å². The Labute approximate surface area is 232 Å². The molecule has 38 heavy (non-hydrogen) atoms. The largest absolute Gasteiger partial charge is 0.478 e. The summed E-state index contributed by atoms with van der Waals surface area (Å²) in [5.74, 6) is -0.609. The van der Waals surface area contributed by atoms with Crippen molar-refractivity contribution in [3.05, 3.63) is 94.0 Å². The molecule has 0 unspecified atom stereocenters. The summed E-state index contributed by atoms with van der Waals surface area (Å²) in [7, 11) is 0. The Bertz CT molecular complexity index is 1230. The molecule has 0 spiro atoms. The van der Waals surface area contributed by atoms with E-state index in [1.807, 2.05) is 0 Å². The normalized spacial score (nSPS) is 11.0. The molecule has 0 aromatic heterocycles. The lowest BCUT2D eigenvalue weighted by atomic mass is 10.0. The van der Waals surface area contributed by atoms with Crippen molar-refractivity contribution >= 4 is 40.9 Å². The molecule has 0 aliphatic carbocycles. The van der Waals surface area contributed by atoms with Gasteiger partial charge in [-0.15, -0.1) is 0 Å². The first-order valence-electron chi connectivity index (χ1n) is 11.7. The van der Waals surface area contributed by atoms with Crippen molar-refractivity contribution in [1.29, 1.82) is 0 Å². The molecule has 0 aliphatic heterocycles. The molecule has 0 aliphatic rings. The van der Waals surface area contributed by atoms with E-state index in [9.17, 15) is 14.4 Å². The van der Waals surface area contributed by atoms with Crippen LogP contribution in [0.15, 0.2) is 72.8 Å². The van der Waals surface area contributed by atoms with Gasteiger partial charge in [-0.3, -0.25) is 4.79 Å². The lowest BCUT2D eigenvalue weighted by Gasteiger charge is -2.23. The quantitative estimate of drug-likeness (QED) is 0.225. The molecule has 0 atom stereocenters. The van der Waals surface area contributed by atoms with Gasteiger partial charge in [0.15, 0.2) is 17.0 Å². The van der Waals surface area contributed by atoms with E-state index in [0.717, 1.165) is 0 Å². The molecular formula is C29H30Cl2O7. The van der Waals surface area contributed by atoms with E-state index in [2.05, 4.69) is 0 Å². The number of halogens is 2. The van der Waals surface area contributed by atoms with Crippen molar-refractivity contribution in [2.24, 2.45) is 0 Å². The van der Waals surface area contributed by atoms with Gasteiger partial charge in [-0.1, -0.05) is 23.2 Å². The predicted molar refractivity (Wildman–Crippen MR) is 146 cm³/mol. The van der Waals surface area contributed by atoms with E-state index >= 15 is 0 Å². The highest BCUT2D eigenvalue weighted by Gasteiger charge is 2.31. The first-order valence-corrected chi connectivity index (χ1v) is 12.5. The number of ketones is 1. The Kier molecular flexibility index (Phi) is 10.7. The minimum Gasteiger partial charge on any atom is -0.478 e. The zero-order chi connectivity index (χ0) is 28.5. The average molecular weight is 561 g/mol.